The van der Waals surface area contributed by atoms with Crippen LogP contribution in [0.5, 0.6) is 23.0 Å². The van der Waals surface area contributed by atoms with Crippen molar-refractivity contribution >= 4 is 16.8 Å². The SMILES string of the molecule is COc1ccc(-c2cc(=O)c3c(O)cc(OC(C)C(C)=O)cc3o2)cc1OC(C)CCCc1ccccc1. The van der Waals surface area contributed by atoms with Crippen LogP contribution in [0.2, 0.25) is 0 Å². The van der Waals surface area contributed by atoms with E-state index in [1.807, 2.05) is 25.1 Å². The van der Waals surface area contributed by atoms with Crippen molar-refractivity contribution in [1.82, 2.24) is 0 Å². The van der Waals surface area contributed by atoms with E-state index < -0.39 is 11.5 Å². The Morgan fingerprint density at radius 2 is 1.74 bits per heavy atom. The molecular weight excluding hydrogens is 484 g/mol. The van der Waals surface area contributed by atoms with Crippen LogP contribution in [-0.4, -0.2) is 30.2 Å². The molecule has 0 radical (unpaired) electrons. The molecule has 3 aromatic carbocycles. The number of benzene rings is 3. The van der Waals surface area contributed by atoms with Gasteiger partial charge in [0.1, 0.15) is 28.2 Å². The number of aryl methyl sites for hydroxylation is 1. The lowest BCUT2D eigenvalue weighted by Gasteiger charge is -2.18. The Hall–Kier alpha value is -4.26. The van der Waals surface area contributed by atoms with Crippen LogP contribution < -0.4 is 19.6 Å². The largest absolute Gasteiger partial charge is 0.507 e. The average Bonchev–Trinajstić information content (AvgIpc) is 2.88. The van der Waals surface area contributed by atoms with Crippen LogP contribution in [0.4, 0.5) is 0 Å². The van der Waals surface area contributed by atoms with E-state index in [0.717, 1.165) is 19.3 Å². The molecule has 0 spiro atoms. The third-order valence-electron chi connectivity index (χ3n) is 6.36. The second kappa shape index (κ2) is 11.9. The highest BCUT2D eigenvalue weighted by Crippen LogP contribution is 2.36. The molecule has 0 saturated carbocycles. The number of hydrogen-bond donors (Lipinski definition) is 1. The summed E-state index contributed by atoms with van der Waals surface area (Å²) in [6.07, 6.45) is 2.03. The van der Waals surface area contributed by atoms with E-state index in [4.69, 9.17) is 18.6 Å². The lowest BCUT2D eigenvalue weighted by atomic mass is 10.1. The fraction of sp³-hybridized carbons (Fsp3) is 0.290. The van der Waals surface area contributed by atoms with Crippen molar-refractivity contribution in [3.8, 4) is 34.3 Å². The second-order valence-electron chi connectivity index (χ2n) is 9.33. The Balaban J connectivity index is 1.58. The summed E-state index contributed by atoms with van der Waals surface area (Å²) < 4.78 is 23.3. The van der Waals surface area contributed by atoms with E-state index in [0.29, 0.717) is 22.8 Å². The zero-order chi connectivity index (χ0) is 27.2. The Bertz CT molecular complexity index is 1470. The summed E-state index contributed by atoms with van der Waals surface area (Å²) in [5.41, 5.74) is 1.64. The van der Waals surface area contributed by atoms with Crippen LogP contribution >= 0.6 is 0 Å². The summed E-state index contributed by atoms with van der Waals surface area (Å²) in [5.74, 6) is 1.17. The van der Waals surface area contributed by atoms with Gasteiger partial charge in [0.2, 0.25) is 0 Å². The van der Waals surface area contributed by atoms with Crippen molar-refractivity contribution in [3.05, 3.63) is 82.5 Å². The molecule has 0 aliphatic carbocycles. The van der Waals surface area contributed by atoms with Gasteiger partial charge in [-0.1, -0.05) is 30.3 Å². The minimum absolute atomic E-state index is 0.0357. The number of carbonyl (C=O) groups excluding carboxylic acids is 1. The van der Waals surface area contributed by atoms with Crippen LogP contribution in [0.25, 0.3) is 22.3 Å². The standard InChI is InChI=1S/C31H32O7/c1-19(9-8-12-22-10-6-5-7-11-22)36-29-15-23(13-14-27(29)35-4)28-18-26(34)31-25(33)16-24(17-30(31)38-28)37-21(3)20(2)32/h5-7,10-11,13-19,21,33H,8-9,12H2,1-4H3. The van der Waals surface area contributed by atoms with Gasteiger partial charge in [0.25, 0.3) is 0 Å². The molecule has 7 heteroatoms. The molecule has 0 aliphatic heterocycles. The number of aromatic hydroxyl groups is 1. The lowest BCUT2D eigenvalue weighted by Crippen LogP contribution is -2.20. The molecule has 2 unspecified atom stereocenters. The summed E-state index contributed by atoms with van der Waals surface area (Å²) in [7, 11) is 1.57. The number of phenolic OH excluding ortho intramolecular Hbond substituents is 1. The fourth-order valence-corrected chi connectivity index (χ4v) is 4.18. The van der Waals surface area contributed by atoms with Crippen molar-refractivity contribution in [3.63, 3.8) is 0 Å². The van der Waals surface area contributed by atoms with Crippen LogP contribution in [0.15, 0.2) is 75.9 Å². The lowest BCUT2D eigenvalue weighted by molar-refractivity contribution is -0.122. The Morgan fingerprint density at radius 3 is 2.45 bits per heavy atom. The molecule has 1 N–H and O–H groups in total. The van der Waals surface area contributed by atoms with Gasteiger partial charge >= 0.3 is 0 Å². The van der Waals surface area contributed by atoms with E-state index in [1.165, 1.54) is 30.7 Å². The number of Topliss-reactive ketones (excluding diaryl/α,β-unsaturated/α-hetero) is 1. The maximum atomic E-state index is 12.9. The number of fused-ring (bicyclic) bond motifs is 1. The summed E-state index contributed by atoms with van der Waals surface area (Å²) in [5, 5.41) is 10.5. The molecule has 1 heterocycles. The number of carbonyl (C=O) groups is 1. The van der Waals surface area contributed by atoms with Gasteiger partial charge < -0.3 is 23.7 Å². The quantitative estimate of drug-likeness (QED) is 0.249. The van der Waals surface area contributed by atoms with Gasteiger partial charge in [0, 0.05) is 23.8 Å². The first-order valence-corrected chi connectivity index (χ1v) is 12.6. The number of phenols is 1. The highest BCUT2D eigenvalue weighted by atomic mass is 16.5. The first kappa shape index (κ1) is 26.8. The molecule has 38 heavy (non-hydrogen) atoms. The van der Waals surface area contributed by atoms with E-state index in [2.05, 4.69) is 12.1 Å². The molecule has 0 bridgehead atoms. The van der Waals surface area contributed by atoms with Crippen LogP contribution in [0, 0.1) is 0 Å². The molecule has 0 saturated heterocycles. The third kappa shape index (κ3) is 6.35. The maximum absolute atomic E-state index is 12.9. The van der Waals surface area contributed by atoms with Crippen molar-refractivity contribution in [2.24, 2.45) is 0 Å². The number of methoxy groups -OCH3 is 1. The molecule has 0 aliphatic rings. The van der Waals surface area contributed by atoms with Gasteiger partial charge in [-0.15, -0.1) is 0 Å². The topological polar surface area (TPSA) is 95.2 Å². The molecule has 4 aromatic rings. The van der Waals surface area contributed by atoms with Crippen LogP contribution in [-0.2, 0) is 11.2 Å². The van der Waals surface area contributed by atoms with Gasteiger partial charge in [0.05, 0.1) is 13.2 Å². The smallest absolute Gasteiger partial charge is 0.197 e. The molecule has 4 rings (SSSR count). The fourth-order valence-electron chi connectivity index (χ4n) is 4.18. The zero-order valence-corrected chi connectivity index (χ0v) is 22.0. The zero-order valence-electron chi connectivity index (χ0n) is 22.0. The third-order valence-corrected chi connectivity index (χ3v) is 6.36. The molecule has 1 aromatic heterocycles. The highest BCUT2D eigenvalue weighted by Gasteiger charge is 2.17. The molecule has 0 fully saturated rings. The van der Waals surface area contributed by atoms with Crippen LogP contribution in [0.3, 0.4) is 0 Å². The highest BCUT2D eigenvalue weighted by molar-refractivity contribution is 5.86. The van der Waals surface area contributed by atoms with Crippen molar-refractivity contribution < 1.29 is 28.5 Å². The molecule has 2 atom stereocenters. The van der Waals surface area contributed by atoms with E-state index in [9.17, 15) is 14.7 Å². The Labute approximate surface area is 221 Å². The number of ether oxygens (including phenoxy) is 3. The van der Waals surface area contributed by atoms with Gasteiger partial charge in [-0.2, -0.15) is 0 Å². The summed E-state index contributed by atoms with van der Waals surface area (Å²) in [6, 6.07) is 19.8. The summed E-state index contributed by atoms with van der Waals surface area (Å²) in [4.78, 5) is 24.5. The summed E-state index contributed by atoms with van der Waals surface area (Å²) in [6.45, 7) is 5.04. The molecule has 0 amide bonds. The van der Waals surface area contributed by atoms with Crippen molar-refractivity contribution in [2.75, 3.05) is 7.11 Å². The second-order valence-corrected chi connectivity index (χ2v) is 9.33. The first-order valence-electron chi connectivity index (χ1n) is 12.6. The number of ketones is 1. The Morgan fingerprint density at radius 1 is 0.974 bits per heavy atom. The van der Waals surface area contributed by atoms with E-state index in [-0.39, 0.29) is 34.4 Å². The monoisotopic (exact) mass is 516 g/mol. The van der Waals surface area contributed by atoms with Gasteiger partial charge in [-0.05, 0) is 63.8 Å². The first-order chi connectivity index (χ1) is 18.2. The Kier molecular flexibility index (Phi) is 8.36. The predicted octanol–water partition coefficient (Wildman–Crippen LogP) is 6.32. The number of rotatable bonds is 11. The van der Waals surface area contributed by atoms with E-state index >= 15 is 0 Å². The normalized spacial score (nSPS) is 12.6. The average molecular weight is 517 g/mol. The van der Waals surface area contributed by atoms with Gasteiger partial charge in [-0.3, -0.25) is 9.59 Å². The minimum Gasteiger partial charge on any atom is -0.507 e. The van der Waals surface area contributed by atoms with E-state index in [1.54, 1.807) is 32.2 Å². The maximum Gasteiger partial charge on any atom is 0.197 e. The molecular formula is C31H32O7. The van der Waals surface area contributed by atoms with Crippen LogP contribution in [0.1, 0.15) is 39.2 Å². The molecule has 198 valence electrons. The van der Waals surface area contributed by atoms with Crippen molar-refractivity contribution in [2.45, 2.75) is 52.2 Å². The van der Waals surface area contributed by atoms with Crippen molar-refractivity contribution in [1.29, 1.82) is 0 Å². The number of hydrogen-bond acceptors (Lipinski definition) is 7. The van der Waals surface area contributed by atoms with Gasteiger partial charge in [0.15, 0.2) is 28.8 Å². The van der Waals surface area contributed by atoms with Gasteiger partial charge in [-0.25, -0.2) is 0 Å². The minimum atomic E-state index is -0.710. The predicted molar refractivity (Wildman–Crippen MR) is 146 cm³/mol. The summed E-state index contributed by atoms with van der Waals surface area (Å²) >= 11 is 0. The molecule has 7 nitrogen and oxygen atoms in total.